The van der Waals surface area contributed by atoms with Gasteiger partial charge in [-0.15, -0.1) is 0 Å². The van der Waals surface area contributed by atoms with Gasteiger partial charge in [0.05, 0.1) is 6.07 Å². The van der Waals surface area contributed by atoms with Gasteiger partial charge in [0.15, 0.2) is 0 Å². The van der Waals surface area contributed by atoms with E-state index in [0.717, 1.165) is 12.8 Å². The van der Waals surface area contributed by atoms with E-state index in [1.54, 1.807) is 6.08 Å². The van der Waals surface area contributed by atoms with Gasteiger partial charge in [-0.2, -0.15) is 5.26 Å². The molecule has 1 heteroatoms. The first-order valence-corrected chi connectivity index (χ1v) is 4.48. The van der Waals surface area contributed by atoms with Crippen LogP contribution >= 0.6 is 0 Å². The second kappa shape index (κ2) is 5.16. The number of benzene rings is 1. The van der Waals surface area contributed by atoms with E-state index in [1.807, 2.05) is 18.2 Å². The van der Waals surface area contributed by atoms with Crippen LogP contribution in [-0.2, 0) is 6.42 Å². The van der Waals surface area contributed by atoms with Crippen LogP contribution in [0.1, 0.15) is 18.9 Å². The van der Waals surface area contributed by atoms with E-state index >= 15 is 0 Å². The summed E-state index contributed by atoms with van der Waals surface area (Å²) in [6, 6.07) is 12.3. The van der Waals surface area contributed by atoms with E-state index in [4.69, 9.17) is 5.26 Å². The van der Waals surface area contributed by atoms with Gasteiger partial charge >= 0.3 is 0 Å². The van der Waals surface area contributed by atoms with Gasteiger partial charge in [0.1, 0.15) is 0 Å². The van der Waals surface area contributed by atoms with Crippen LogP contribution in [0.15, 0.2) is 42.0 Å². The zero-order valence-corrected chi connectivity index (χ0v) is 7.83. The molecule has 0 unspecified atom stereocenters. The molecule has 0 aromatic heterocycles. The third kappa shape index (κ3) is 3.13. The topological polar surface area (TPSA) is 23.8 Å². The maximum absolute atomic E-state index is 8.52. The first kappa shape index (κ1) is 9.54. The molecule has 0 saturated heterocycles. The van der Waals surface area contributed by atoms with Crippen LogP contribution in [0.25, 0.3) is 0 Å². The average molecular weight is 171 g/mol. The minimum atomic E-state index is 0.894. The summed E-state index contributed by atoms with van der Waals surface area (Å²) in [6.45, 7) is 2.08. The quantitative estimate of drug-likeness (QED) is 0.641. The first-order valence-electron chi connectivity index (χ1n) is 4.48. The Hall–Kier alpha value is -1.55. The van der Waals surface area contributed by atoms with Gasteiger partial charge in [0.25, 0.3) is 0 Å². The van der Waals surface area contributed by atoms with Crippen LogP contribution in [0.3, 0.4) is 0 Å². The highest BCUT2D eigenvalue weighted by molar-refractivity contribution is 5.24. The van der Waals surface area contributed by atoms with E-state index in [2.05, 4.69) is 25.1 Å². The van der Waals surface area contributed by atoms with Gasteiger partial charge in [-0.1, -0.05) is 42.8 Å². The smallest absolute Gasteiger partial charge is 0.0911 e. The summed E-state index contributed by atoms with van der Waals surface area (Å²) in [5.41, 5.74) is 2.46. The van der Waals surface area contributed by atoms with E-state index in [1.165, 1.54) is 11.1 Å². The Morgan fingerprint density at radius 3 is 2.62 bits per heavy atom. The first-order chi connectivity index (χ1) is 6.36. The zero-order valence-electron chi connectivity index (χ0n) is 7.83. The minimum Gasteiger partial charge on any atom is -0.193 e. The second-order valence-corrected chi connectivity index (χ2v) is 2.95. The molecular formula is C12H13N. The van der Waals surface area contributed by atoms with Gasteiger partial charge < -0.3 is 0 Å². The predicted octanol–water partition coefficient (Wildman–Crippen LogP) is 3.09. The standard InChI is InChI=1S/C12H13N/c1-2-11(8-9-13)10-12-6-4-3-5-7-12/h3-8H,2,10H2,1H3/b11-8-. The molecule has 0 spiro atoms. The van der Waals surface area contributed by atoms with Crippen LogP contribution in [0.5, 0.6) is 0 Å². The van der Waals surface area contributed by atoms with E-state index in [0.29, 0.717) is 0 Å². The lowest BCUT2D eigenvalue weighted by Crippen LogP contribution is -1.88. The Labute approximate surface area is 79.3 Å². The summed E-state index contributed by atoms with van der Waals surface area (Å²) in [5, 5.41) is 8.52. The Morgan fingerprint density at radius 2 is 2.08 bits per heavy atom. The van der Waals surface area contributed by atoms with E-state index in [-0.39, 0.29) is 0 Å². The molecule has 0 radical (unpaired) electrons. The molecule has 0 fully saturated rings. The SMILES string of the molecule is CC/C(=C/C#N)Cc1ccccc1. The van der Waals surface area contributed by atoms with Crippen molar-refractivity contribution >= 4 is 0 Å². The van der Waals surface area contributed by atoms with Gasteiger partial charge in [-0.3, -0.25) is 0 Å². The predicted molar refractivity (Wildman–Crippen MR) is 54.1 cm³/mol. The number of hydrogen-bond donors (Lipinski definition) is 0. The zero-order chi connectivity index (χ0) is 9.52. The van der Waals surface area contributed by atoms with Crippen molar-refractivity contribution in [3.63, 3.8) is 0 Å². The molecular weight excluding hydrogens is 158 g/mol. The lowest BCUT2D eigenvalue weighted by molar-refractivity contribution is 1.01. The van der Waals surface area contributed by atoms with Crippen LogP contribution in [0, 0.1) is 11.3 Å². The van der Waals surface area contributed by atoms with Crippen molar-refractivity contribution in [2.24, 2.45) is 0 Å². The molecule has 1 nitrogen and oxygen atoms in total. The van der Waals surface area contributed by atoms with Crippen molar-refractivity contribution in [3.05, 3.63) is 47.5 Å². The maximum Gasteiger partial charge on any atom is 0.0911 e. The number of hydrogen-bond acceptors (Lipinski definition) is 1. The Balaban J connectivity index is 2.69. The molecule has 1 aromatic carbocycles. The van der Waals surface area contributed by atoms with E-state index in [9.17, 15) is 0 Å². The molecule has 0 aliphatic heterocycles. The van der Waals surface area contributed by atoms with Gasteiger partial charge in [0.2, 0.25) is 0 Å². The van der Waals surface area contributed by atoms with E-state index < -0.39 is 0 Å². The van der Waals surface area contributed by atoms with Crippen LogP contribution < -0.4 is 0 Å². The van der Waals surface area contributed by atoms with Crippen molar-refractivity contribution in [3.8, 4) is 6.07 Å². The highest BCUT2D eigenvalue weighted by atomic mass is 14.2. The van der Waals surface area contributed by atoms with Crippen LogP contribution in [-0.4, -0.2) is 0 Å². The largest absolute Gasteiger partial charge is 0.193 e. The molecule has 0 heterocycles. The molecule has 13 heavy (non-hydrogen) atoms. The molecule has 1 aromatic rings. The van der Waals surface area contributed by atoms with Crippen molar-refractivity contribution < 1.29 is 0 Å². The molecule has 0 amide bonds. The number of rotatable bonds is 3. The van der Waals surface area contributed by atoms with Gasteiger partial charge in [0, 0.05) is 6.08 Å². The summed E-state index contributed by atoms with van der Waals surface area (Å²) >= 11 is 0. The maximum atomic E-state index is 8.52. The number of nitriles is 1. The summed E-state index contributed by atoms with van der Waals surface area (Å²) in [5.74, 6) is 0. The highest BCUT2D eigenvalue weighted by Gasteiger charge is 1.95. The molecule has 66 valence electrons. The Morgan fingerprint density at radius 1 is 1.38 bits per heavy atom. The molecule has 0 aliphatic carbocycles. The Kier molecular flexibility index (Phi) is 3.78. The lowest BCUT2D eigenvalue weighted by atomic mass is 10.0. The number of nitrogens with zero attached hydrogens (tertiary/aromatic N) is 1. The normalized spacial score (nSPS) is 10.9. The van der Waals surface area contributed by atoms with Crippen molar-refractivity contribution in [2.75, 3.05) is 0 Å². The third-order valence-corrected chi connectivity index (χ3v) is 2.00. The molecule has 1 rings (SSSR count). The average Bonchev–Trinajstić information content (AvgIpc) is 2.19. The summed E-state index contributed by atoms with van der Waals surface area (Å²) in [4.78, 5) is 0. The summed E-state index contributed by atoms with van der Waals surface area (Å²) in [7, 11) is 0. The Bertz CT molecular complexity index is 317. The fourth-order valence-corrected chi connectivity index (χ4v) is 1.23. The summed E-state index contributed by atoms with van der Waals surface area (Å²) < 4.78 is 0. The summed E-state index contributed by atoms with van der Waals surface area (Å²) in [6.07, 6.45) is 3.49. The monoisotopic (exact) mass is 171 g/mol. The van der Waals surface area contributed by atoms with Gasteiger partial charge in [-0.05, 0) is 18.4 Å². The third-order valence-electron chi connectivity index (χ3n) is 2.00. The molecule has 0 saturated carbocycles. The van der Waals surface area contributed by atoms with Crippen molar-refractivity contribution in [1.29, 1.82) is 5.26 Å². The minimum absolute atomic E-state index is 0.894. The van der Waals surface area contributed by atoms with Crippen molar-refractivity contribution in [2.45, 2.75) is 19.8 Å². The van der Waals surface area contributed by atoms with Gasteiger partial charge in [-0.25, -0.2) is 0 Å². The molecule has 0 aliphatic rings. The fraction of sp³-hybridized carbons (Fsp3) is 0.250. The second-order valence-electron chi connectivity index (χ2n) is 2.95. The molecule has 0 N–H and O–H groups in total. The fourth-order valence-electron chi connectivity index (χ4n) is 1.23. The van der Waals surface area contributed by atoms with Crippen LogP contribution in [0.2, 0.25) is 0 Å². The van der Waals surface area contributed by atoms with Crippen LogP contribution in [0.4, 0.5) is 0 Å². The van der Waals surface area contributed by atoms with Crippen molar-refractivity contribution in [1.82, 2.24) is 0 Å². The highest BCUT2D eigenvalue weighted by Crippen LogP contribution is 2.10. The number of allylic oxidation sites excluding steroid dienone is 2. The molecule has 0 atom stereocenters. The lowest BCUT2D eigenvalue weighted by Gasteiger charge is -2.02. The molecule has 0 bridgehead atoms.